The van der Waals surface area contributed by atoms with Gasteiger partial charge in [0.05, 0.1) is 5.69 Å². The number of fused-ring (bicyclic) bond motifs is 1. The fourth-order valence-electron chi connectivity index (χ4n) is 5.19. The van der Waals surface area contributed by atoms with Gasteiger partial charge in [-0.3, -0.25) is 4.79 Å². The molecule has 1 aliphatic carbocycles. The minimum Gasteiger partial charge on any atom is -0.374 e. The number of likely N-dealkylation sites (N-methyl/N-ethyl adjacent to an activating group) is 1. The van der Waals surface area contributed by atoms with Gasteiger partial charge in [0.2, 0.25) is 5.91 Å². The third-order valence-corrected chi connectivity index (χ3v) is 7.22. The van der Waals surface area contributed by atoms with Crippen molar-refractivity contribution in [3.05, 3.63) is 64.1 Å². The highest BCUT2D eigenvalue weighted by Gasteiger charge is 2.38. The summed E-state index contributed by atoms with van der Waals surface area (Å²) in [5.74, 6) is 0.268. The van der Waals surface area contributed by atoms with E-state index in [1.54, 1.807) is 6.07 Å². The van der Waals surface area contributed by atoms with Crippen LogP contribution in [0.3, 0.4) is 0 Å². The van der Waals surface area contributed by atoms with E-state index >= 15 is 4.39 Å². The Morgan fingerprint density at radius 1 is 1.06 bits per heavy atom. The first kappa shape index (κ1) is 20.2. The predicted octanol–water partition coefficient (Wildman–Crippen LogP) is 3.08. The van der Waals surface area contributed by atoms with Crippen molar-refractivity contribution in [1.29, 1.82) is 0 Å². The number of halogens is 1. The first-order chi connectivity index (χ1) is 16.0. The highest BCUT2D eigenvalue weighted by molar-refractivity contribution is 5.81. The van der Waals surface area contributed by atoms with Gasteiger partial charge < -0.3 is 9.80 Å². The molecule has 3 heterocycles. The highest BCUT2D eigenvalue weighted by atomic mass is 19.1. The Bertz CT molecular complexity index is 1310. The van der Waals surface area contributed by atoms with E-state index in [1.807, 2.05) is 17.0 Å². The topological polar surface area (TPSA) is 74.2 Å². The van der Waals surface area contributed by atoms with Crippen LogP contribution in [0.25, 0.3) is 16.8 Å². The van der Waals surface area contributed by atoms with E-state index < -0.39 is 11.5 Å². The zero-order chi connectivity index (χ0) is 22.7. The first-order valence-electron chi connectivity index (χ1n) is 11.6. The van der Waals surface area contributed by atoms with E-state index in [0.29, 0.717) is 25.3 Å². The minimum absolute atomic E-state index is 0.0978. The maximum Gasteiger partial charge on any atom is 0.348 e. The molecule has 1 saturated carbocycles. The number of amides is 1. The summed E-state index contributed by atoms with van der Waals surface area (Å²) in [7, 11) is 2.08. The van der Waals surface area contributed by atoms with E-state index in [-0.39, 0.29) is 23.4 Å². The van der Waals surface area contributed by atoms with Gasteiger partial charge in [0.25, 0.3) is 0 Å². The third kappa shape index (κ3) is 3.44. The maximum atomic E-state index is 15.3. The molecule has 6 rings (SSSR count). The monoisotopic (exact) mass is 447 g/mol. The summed E-state index contributed by atoms with van der Waals surface area (Å²) in [4.78, 5) is 29.1. The van der Waals surface area contributed by atoms with Gasteiger partial charge in [0.15, 0.2) is 0 Å². The number of rotatable bonds is 4. The Labute approximate surface area is 190 Å². The molecule has 1 amide bonds. The molecule has 170 valence electrons. The smallest absolute Gasteiger partial charge is 0.348 e. The van der Waals surface area contributed by atoms with Crippen LogP contribution < -0.4 is 10.6 Å². The third-order valence-electron chi connectivity index (χ3n) is 7.22. The van der Waals surface area contributed by atoms with Gasteiger partial charge in [-0.15, -0.1) is 0 Å². The molecule has 0 spiro atoms. The van der Waals surface area contributed by atoms with E-state index in [9.17, 15) is 9.59 Å². The van der Waals surface area contributed by atoms with Gasteiger partial charge in [-0.2, -0.15) is 5.10 Å². The van der Waals surface area contributed by atoms with Gasteiger partial charge in [-0.05, 0) is 66.6 Å². The van der Waals surface area contributed by atoms with E-state index in [2.05, 4.69) is 34.3 Å². The molecule has 3 aliphatic rings. The fourth-order valence-corrected chi connectivity index (χ4v) is 5.19. The van der Waals surface area contributed by atoms with Gasteiger partial charge in [0, 0.05) is 44.2 Å². The van der Waals surface area contributed by atoms with E-state index in [0.717, 1.165) is 36.9 Å². The van der Waals surface area contributed by atoms with Gasteiger partial charge in [0.1, 0.15) is 11.6 Å². The summed E-state index contributed by atoms with van der Waals surface area (Å²) in [6.07, 6.45) is 3.62. The molecular formula is C25H26FN5O2. The molecule has 1 saturated heterocycles. The van der Waals surface area contributed by atoms with Crippen LogP contribution in [0.2, 0.25) is 0 Å². The average molecular weight is 448 g/mol. The molecule has 1 atom stereocenters. The largest absolute Gasteiger partial charge is 0.374 e. The number of hydrogen-bond acceptors (Lipinski definition) is 4. The first-order valence-corrected chi connectivity index (χ1v) is 11.6. The lowest BCUT2D eigenvalue weighted by molar-refractivity contribution is -0.131. The summed E-state index contributed by atoms with van der Waals surface area (Å²) in [6, 6.07) is 11.2. The molecule has 33 heavy (non-hydrogen) atoms. The van der Waals surface area contributed by atoms with Crippen molar-refractivity contribution < 1.29 is 9.18 Å². The van der Waals surface area contributed by atoms with Crippen LogP contribution in [0.15, 0.2) is 41.2 Å². The van der Waals surface area contributed by atoms with Crippen molar-refractivity contribution in [2.75, 3.05) is 31.6 Å². The van der Waals surface area contributed by atoms with Crippen molar-refractivity contribution in [2.45, 2.75) is 31.6 Å². The number of nitrogens with zero attached hydrogens (tertiary/aromatic N) is 4. The summed E-state index contributed by atoms with van der Waals surface area (Å²) >= 11 is 0. The Morgan fingerprint density at radius 2 is 1.82 bits per heavy atom. The number of aromatic amines is 1. The zero-order valence-electron chi connectivity index (χ0n) is 18.6. The molecule has 1 aromatic heterocycles. The van der Waals surface area contributed by atoms with Crippen molar-refractivity contribution >= 4 is 11.6 Å². The lowest BCUT2D eigenvalue weighted by atomic mass is 10.0. The van der Waals surface area contributed by atoms with Gasteiger partial charge >= 0.3 is 5.69 Å². The summed E-state index contributed by atoms with van der Waals surface area (Å²) in [5.41, 5.74) is 3.92. The van der Waals surface area contributed by atoms with Gasteiger partial charge in [-0.1, -0.05) is 12.1 Å². The van der Waals surface area contributed by atoms with Gasteiger partial charge in [-0.25, -0.2) is 18.9 Å². The Kier molecular flexibility index (Phi) is 4.64. The quantitative estimate of drug-likeness (QED) is 0.667. The number of carbonyl (C=O) groups is 1. The lowest BCUT2D eigenvalue weighted by Gasteiger charge is -2.16. The van der Waals surface area contributed by atoms with Crippen LogP contribution in [0.1, 0.15) is 36.6 Å². The fraction of sp³-hybridized carbons (Fsp3) is 0.400. The maximum absolute atomic E-state index is 15.3. The van der Waals surface area contributed by atoms with Crippen LogP contribution >= 0.6 is 0 Å². The summed E-state index contributed by atoms with van der Waals surface area (Å²) < 4.78 is 16.7. The number of H-pyrrole nitrogens is 1. The molecule has 2 aromatic carbocycles. The molecule has 0 bridgehead atoms. The predicted molar refractivity (Wildman–Crippen MR) is 123 cm³/mol. The molecular weight excluding hydrogens is 421 g/mol. The highest BCUT2D eigenvalue weighted by Crippen LogP contribution is 2.36. The van der Waals surface area contributed by atoms with Crippen LogP contribution in [0, 0.1) is 11.7 Å². The van der Waals surface area contributed by atoms with Crippen molar-refractivity contribution in [3.63, 3.8) is 0 Å². The normalized spacial score (nSPS) is 19.9. The second kappa shape index (κ2) is 7.57. The van der Waals surface area contributed by atoms with Crippen LogP contribution in [0.5, 0.6) is 0 Å². The molecule has 7 nitrogen and oxygen atoms in total. The molecule has 0 radical (unpaired) electrons. The van der Waals surface area contributed by atoms with Crippen LogP contribution in [-0.2, 0) is 11.2 Å². The summed E-state index contributed by atoms with van der Waals surface area (Å²) in [6.45, 7) is 2.15. The zero-order valence-corrected chi connectivity index (χ0v) is 18.6. The lowest BCUT2D eigenvalue weighted by Crippen LogP contribution is -2.30. The number of anilines is 1. The minimum atomic E-state index is -0.473. The molecule has 2 aliphatic heterocycles. The number of nitrogens with one attached hydrogen (secondary N) is 1. The summed E-state index contributed by atoms with van der Waals surface area (Å²) in [5, 5.41) is 6.69. The molecule has 1 unspecified atom stereocenters. The molecule has 3 aromatic rings. The Balaban J connectivity index is 1.30. The van der Waals surface area contributed by atoms with E-state index in [4.69, 9.17) is 0 Å². The van der Waals surface area contributed by atoms with Crippen molar-refractivity contribution in [3.8, 4) is 16.8 Å². The number of hydrogen-bond donors (Lipinski definition) is 1. The van der Waals surface area contributed by atoms with Crippen LogP contribution in [0.4, 0.5) is 10.1 Å². The number of carbonyl (C=O) groups excluding carboxylic acids is 1. The second-order valence-corrected chi connectivity index (χ2v) is 9.45. The number of aromatic nitrogens is 3. The van der Waals surface area contributed by atoms with Crippen LogP contribution in [-0.4, -0.2) is 52.3 Å². The van der Waals surface area contributed by atoms with Crippen molar-refractivity contribution in [2.24, 2.45) is 5.92 Å². The standard InChI is InChI=1S/C25H26FN5O2/c1-29-10-8-18-12-16(4-6-21(18)29)17-5-7-22(20(26)13-17)31-23(27-28-25(31)33)19-9-11-30(14-19)24(32)15-2-3-15/h4-7,12-13,15,19H,2-3,8-11,14H2,1H3,(H,28,33). The molecule has 8 heteroatoms. The second-order valence-electron chi connectivity index (χ2n) is 9.45. The number of benzene rings is 2. The molecule has 2 fully saturated rings. The van der Waals surface area contributed by atoms with E-state index in [1.165, 1.54) is 21.9 Å². The number of likely N-dealkylation sites (tertiary alicyclic amines) is 1. The molecule has 1 N–H and O–H groups in total. The van der Waals surface area contributed by atoms with Crippen molar-refractivity contribution in [1.82, 2.24) is 19.7 Å². The SMILES string of the molecule is CN1CCc2cc(-c3ccc(-n4c(C5CCN(C(=O)C6CC6)C5)n[nH]c4=O)c(F)c3)ccc21. The average Bonchev–Trinajstić information content (AvgIpc) is 3.25. The Morgan fingerprint density at radius 3 is 2.58 bits per heavy atom. The Hall–Kier alpha value is -3.42.